The van der Waals surface area contributed by atoms with Gasteiger partial charge in [-0.1, -0.05) is 23.2 Å². The first-order chi connectivity index (χ1) is 15.5. The zero-order valence-corrected chi connectivity index (χ0v) is 20.0. The fraction of sp³-hybridized carbons (Fsp3) is 0.417. The highest BCUT2D eigenvalue weighted by atomic mass is 35.5. The molecule has 9 heteroatoms. The molecule has 1 aromatic heterocycles. The zero-order valence-electron chi connectivity index (χ0n) is 19.3. The number of likely N-dealkylation sites (tertiary alicyclic amines) is 1. The molecule has 0 bridgehead atoms. The van der Waals surface area contributed by atoms with Crippen molar-refractivity contribution in [1.29, 1.82) is 0 Å². The van der Waals surface area contributed by atoms with Gasteiger partial charge in [0, 0.05) is 25.2 Å². The molecule has 0 unspecified atom stereocenters. The molecule has 3 rings (SSSR count). The van der Waals surface area contributed by atoms with Crippen LogP contribution in [0.3, 0.4) is 0 Å². The molecule has 1 saturated heterocycles. The minimum Gasteiger partial charge on any atom is -0.444 e. The lowest BCUT2D eigenvalue weighted by molar-refractivity contribution is -0.121. The van der Waals surface area contributed by atoms with Crippen molar-refractivity contribution in [2.45, 2.75) is 46.1 Å². The Morgan fingerprint density at radius 1 is 1.09 bits per heavy atom. The van der Waals surface area contributed by atoms with Crippen LogP contribution in [0.4, 0.5) is 16.3 Å². The Balaban J connectivity index is 1.64. The Morgan fingerprint density at radius 3 is 2.39 bits per heavy atom. The molecule has 1 fully saturated rings. The summed E-state index contributed by atoms with van der Waals surface area (Å²) in [4.78, 5) is 43.7. The van der Waals surface area contributed by atoms with Crippen LogP contribution in [0.25, 0.3) is 0 Å². The van der Waals surface area contributed by atoms with Crippen LogP contribution in [-0.4, -0.2) is 46.5 Å². The number of carbonyl (C=O) groups is 3. The molecule has 0 atom stereocenters. The molecule has 3 amide bonds. The molecule has 176 valence electrons. The number of pyridine rings is 1. The summed E-state index contributed by atoms with van der Waals surface area (Å²) >= 11 is 5.85. The summed E-state index contributed by atoms with van der Waals surface area (Å²) in [7, 11) is 0. The maximum absolute atomic E-state index is 12.9. The first-order valence-electron chi connectivity index (χ1n) is 10.8. The number of ether oxygens (including phenoxy) is 1. The van der Waals surface area contributed by atoms with Crippen molar-refractivity contribution in [2.24, 2.45) is 5.92 Å². The number of rotatable bonds is 4. The van der Waals surface area contributed by atoms with Crippen LogP contribution in [0.15, 0.2) is 36.5 Å². The van der Waals surface area contributed by atoms with Crippen molar-refractivity contribution in [1.82, 2.24) is 9.88 Å². The Kier molecular flexibility index (Phi) is 7.58. The quantitative estimate of drug-likeness (QED) is 0.660. The number of amides is 3. The molecule has 2 aromatic rings. The number of piperidine rings is 1. The number of halogens is 1. The summed E-state index contributed by atoms with van der Waals surface area (Å²) in [5.74, 6) is -0.471. The van der Waals surface area contributed by atoms with Gasteiger partial charge in [0.2, 0.25) is 5.91 Å². The molecule has 0 aliphatic carbocycles. The molecule has 1 aromatic carbocycles. The van der Waals surface area contributed by atoms with Gasteiger partial charge >= 0.3 is 6.09 Å². The van der Waals surface area contributed by atoms with E-state index >= 15 is 0 Å². The topological polar surface area (TPSA) is 101 Å². The fourth-order valence-electron chi connectivity index (χ4n) is 3.47. The predicted molar refractivity (Wildman–Crippen MR) is 128 cm³/mol. The van der Waals surface area contributed by atoms with Gasteiger partial charge in [-0.25, -0.2) is 9.78 Å². The Morgan fingerprint density at radius 2 is 1.79 bits per heavy atom. The number of nitrogens with zero attached hydrogens (tertiary/aromatic N) is 2. The van der Waals surface area contributed by atoms with E-state index in [4.69, 9.17) is 16.3 Å². The Hall–Kier alpha value is -3.13. The highest BCUT2D eigenvalue weighted by Gasteiger charge is 2.30. The number of benzene rings is 1. The standard InChI is InChI=1S/C24H29ClN4O4/c1-15-5-7-19(18(13-15)22(31)28-20-8-6-17(25)14-26-20)27-21(30)16-9-11-29(12-10-16)23(32)33-24(2,3)4/h5-8,13-14,16H,9-12H2,1-4H3,(H,27,30)(H,26,28,31). The number of aromatic nitrogens is 1. The Bertz CT molecular complexity index is 1030. The first-order valence-corrected chi connectivity index (χ1v) is 11.2. The lowest BCUT2D eigenvalue weighted by Crippen LogP contribution is -2.43. The Labute approximate surface area is 198 Å². The van der Waals surface area contributed by atoms with Gasteiger partial charge in [-0.3, -0.25) is 9.59 Å². The third-order valence-corrected chi connectivity index (χ3v) is 5.39. The van der Waals surface area contributed by atoms with E-state index in [1.54, 1.807) is 29.2 Å². The summed E-state index contributed by atoms with van der Waals surface area (Å²) in [6.07, 6.45) is 2.12. The summed E-state index contributed by atoms with van der Waals surface area (Å²) in [6, 6.07) is 8.50. The van der Waals surface area contributed by atoms with E-state index in [9.17, 15) is 14.4 Å². The van der Waals surface area contributed by atoms with E-state index in [0.29, 0.717) is 48.0 Å². The average molecular weight is 473 g/mol. The monoisotopic (exact) mass is 472 g/mol. The molecule has 33 heavy (non-hydrogen) atoms. The highest BCUT2D eigenvalue weighted by Crippen LogP contribution is 2.24. The van der Waals surface area contributed by atoms with Gasteiger partial charge in [-0.2, -0.15) is 0 Å². The minimum absolute atomic E-state index is 0.179. The van der Waals surface area contributed by atoms with E-state index in [-0.39, 0.29) is 23.8 Å². The van der Waals surface area contributed by atoms with Crippen LogP contribution >= 0.6 is 11.6 Å². The number of hydrogen-bond donors (Lipinski definition) is 2. The lowest BCUT2D eigenvalue weighted by atomic mass is 9.95. The lowest BCUT2D eigenvalue weighted by Gasteiger charge is -2.33. The van der Waals surface area contributed by atoms with Gasteiger partial charge in [-0.05, 0) is 64.8 Å². The number of carbonyl (C=O) groups excluding carboxylic acids is 3. The molecule has 2 N–H and O–H groups in total. The van der Waals surface area contributed by atoms with Crippen LogP contribution in [0, 0.1) is 12.8 Å². The van der Waals surface area contributed by atoms with Crippen LogP contribution in [-0.2, 0) is 9.53 Å². The second-order valence-electron chi connectivity index (χ2n) is 9.10. The average Bonchev–Trinajstić information content (AvgIpc) is 2.75. The van der Waals surface area contributed by atoms with Crippen LogP contribution in [0.5, 0.6) is 0 Å². The van der Waals surface area contributed by atoms with Gasteiger partial charge in [-0.15, -0.1) is 0 Å². The van der Waals surface area contributed by atoms with Crippen molar-refractivity contribution in [3.8, 4) is 0 Å². The fourth-order valence-corrected chi connectivity index (χ4v) is 3.59. The van der Waals surface area contributed by atoms with Gasteiger partial charge in [0.1, 0.15) is 11.4 Å². The summed E-state index contributed by atoms with van der Waals surface area (Å²) in [5, 5.41) is 6.08. The molecule has 0 saturated carbocycles. The van der Waals surface area contributed by atoms with E-state index in [1.807, 2.05) is 33.8 Å². The van der Waals surface area contributed by atoms with Gasteiger partial charge < -0.3 is 20.3 Å². The number of hydrogen-bond acceptors (Lipinski definition) is 5. The number of nitrogens with one attached hydrogen (secondary N) is 2. The van der Waals surface area contributed by atoms with Gasteiger partial charge in [0.25, 0.3) is 5.91 Å². The molecule has 0 spiro atoms. The van der Waals surface area contributed by atoms with Crippen molar-refractivity contribution < 1.29 is 19.1 Å². The summed E-state index contributed by atoms with van der Waals surface area (Å²) < 4.78 is 5.41. The molecule has 1 aliphatic heterocycles. The SMILES string of the molecule is Cc1ccc(NC(=O)C2CCN(C(=O)OC(C)(C)C)CC2)c(C(=O)Nc2ccc(Cl)cn2)c1. The second kappa shape index (κ2) is 10.2. The van der Waals surface area contributed by atoms with E-state index in [0.717, 1.165) is 5.56 Å². The molecule has 2 heterocycles. The summed E-state index contributed by atoms with van der Waals surface area (Å²) in [5.41, 5.74) is 1.08. The van der Waals surface area contributed by atoms with E-state index in [1.165, 1.54) is 6.20 Å². The molecular weight excluding hydrogens is 444 g/mol. The van der Waals surface area contributed by atoms with Crippen LogP contribution in [0.1, 0.15) is 49.5 Å². The maximum Gasteiger partial charge on any atom is 0.410 e. The van der Waals surface area contributed by atoms with Gasteiger partial charge in [0.15, 0.2) is 0 Å². The van der Waals surface area contributed by atoms with E-state index < -0.39 is 5.60 Å². The van der Waals surface area contributed by atoms with Crippen molar-refractivity contribution in [2.75, 3.05) is 23.7 Å². The first kappa shape index (κ1) is 24.5. The molecule has 0 radical (unpaired) electrons. The van der Waals surface area contributed by atoms with Crippen LogP contribution < -0.4 is 10.6 Å². The molecule has 1 aliphatic rings. The van der Waals surface area contributed by atoms with E-state index in [2.05, 4.69) is 15.6 Å². The molecular formula is C24H29ClN4O4. The molecule has 8 nitrogen and oxygen atoms in total. The third kappa shape index (κ3) is 6.92. The third-order valence-electron chi connectivity index (χ3n) is 5.16. The predicted octanol–water partition coefficient (Wildman–Crippen LogP) is 4.88. The van der Waals surface area contributed by atoms with Gasteiger partial charge in [0.05, 0.1) is 16.3 Å². The van der Waals surface area contributed by atoms with Crippen molar-refractivity contribution in [3.63, 3.8) is 0 Å². The number of aryl methyl sites for hydroxylation is 1. The largest absolute Gasteiger partial charge is 0.444 e. The van der Waals surface area contributed by atoms with Crippen molar-refractivity contribution >= 4 is 41.0 Å². The summed E-state index contributed by atoms with van der Waals surface area (Å²) in [6.45, 7) is 8.22. The van der Waals surface area contributed by atoms with Crippen molar-refractivity contribution in [3.05, 3.63) is 52.7 Å². The maximum atomic E-state index is 12.9. The second-order valence-corrected chi connectivity index (χ2v) is 9.53. The normalized spacial score (nSPS) is 14.5. The van der Waals surface area contributed by atoms with Crippen LogP contribution in [0.2, 0.25) is 5.02 Å². The number of anilines is 2. The minimum atomic E-state index is -0.560. The smallest absolute Gasteiger partial charge is 0.410 e. The zero-order chi connectivity index (χ0) is 24.2. The highest BCUT2D eigenvalue weighted by molar-refractivity contribution is 6.30.